The van der Waals surface area contributed by atoms with Crippen molar-refractivity contribution in [3.05, 3.63) is 29.3 Å². The quantitative estimate of drug-likeness (QED) is 0.704. The summed E-state index contributed by atoms with van der Waals surface area (Å²) in [6.07, 6.45) is 7.46. The van der Waals surface area contributed by atoms with Gasteiger partial charge in [-0.1, -0.05) is 59.1 Å². The summed E-state index contributed by atoms with van der Waals surface area (Å²) in [4.78, 5) is 2.64. The van der Waals surface area contributed by atoms with Crippen LogP contribution < -0.4 is 0 Å². The van der Waals surface area contributed by atoms with Crippen LogP contribution in [0.2, 0.25) is 0 Å². The smallest absolute Gasteiger partial charge is 0.119 e. The third-order valence-corrected chi connectivity index (χ3v) is 6.02. The summed E-state index contributed by atoms with van der Waals surface area (Å²) >= 11 is 0. The Morgan fingerprint density at radius 3 is 2.61 bits per heavy atom. The number of benzene rings is 1. The van der Waals surface area contributed by atoms with Gasteiger partial charge in [0.05, 0.1) is 0 Å². The highest BCUT2D eigenvalue weighted by Crippen LogP contribution is 2.40. The molecule has 130 valence electrons. The first-order valence-corrected chi connectivity index (χ1v) is 9.56. The lowest BCUT2D eigenvalue weighted by Gasteiger charge is -2.45. The number of phenols is 1. The zero-order valence-corrected chi connectivity index (χ0v) is 15.6. The van der Waals surface area contributed by atoms with Crippen LogP contribution in [0.25, 0.3) is 0 Å². The minimum absolute atomic E-state index is 0.184. The van der Waals surface area contributed by atoms with Crippen molar-refractivity contribution in [2.24, 2.45) is 5.92 Å². The molecule has 0 saturated carbocycles. The molecule has 1 aliphatic heterocycles. The van der Waals surface area contributed by atoms with Crippen LogP contribution in [-0.4, -0.2) is 29.6 Å². The van der Waals surface area contributed by atoms with Crippen molar-refractivity contribution in [2.75, 3.05) is 19.6 Å². The Morgan fingerprint density at radius 2 is 2.00 bits per heavy atom. The summed E-state index contributed by atoms with van der Waals surface area (Å²) in [6.45, 7) is 12.7. The van der Waals surface area contributed by atoms with Crippen LogP contribution in [0.4, 0.5) is 0 Å². The van der Waals surface area contributed by atoms with Gasteiger partial charge in [0.2, 0.25) is 0 Å². The highest BCUT2D eigenvalue weighted by molar-refractivity contribution is 5.40. The maximum atomic E-state index is 10.2. The summed E-state index contributed by atoms with van der Waals surface area (Å²) < 4.78 is 0. The molecule has 2 atom stereocenters. The number of nitrogens with zero attached hydrogens (tertiary/aromatic N) is 1. The van der Waals surface area contributed by atoms with E-state index in [1.54, 1.807) is 0 Å². The number of piperidine rings is 1. The lowest BCUT2D eigenvalue weighted by Crippen LogP contribution is -2.47. The Balaban J connectivity index is 1.99. The van der Waals surface area contributed by atoms with Gasteiger partial charge in [0.25, 0.3) is 0 Å². The first-order chi connectivity index (χ1) is 11.0. The van der Waals surface area contributed by atoms with Crippen molar-refractivity contribution in [3.63, 3.8) is 0 Å². The molecule has 0 spiro atoms. The number of likely N-dealkylation sites (tertiary alicyclic amines) is 1. The lowest BCUT2D eigenvalue weighted by atomic mass is 9.68. The van der Waals surface area contributed by atoms with Gasteiger partial charge >= 0.3 is 0 Å². The Labute approximate surface area is 142 Å². The number of aromatic hydroxyl groups is 1. The highest BCUT2D eigenvalue weighted by atomic mass is 16.3. The molecule has 1 aliphatic rings. The molecule has 0 aromatic heterocycles. The van der Waals surface area contributed by atoms with E-state index >= 15 is 0 Å². The number of aryl methyl sites for hydroxylation is 1. The Bertz CT molecular complexity index is 499. The standard InChI is InChI=1S/C21H35NO/c1-5-7-8-9-13-22-14-12-21(4,17(3)16-22)19-11-10-18(6-2)20(23)15-19/h10-11,15,17,23H,5-9,12-14,16H2,1-4H3. The van der Waals surface area contributed by atoms with Gasteiger partial charge in [-0.3, -0.25) is 0 Å². The minimum Gasteiger partial charge on any atom is -0.508 e. The second kappa shape index (κ2) is 8.19. The van der Waals surface area contributed by atoms with Gasteiger partial charge in [-0.05, 0) is 60.9 Å². The molecule has 0 amide bonds. The molecule has 0 radical (unpaired) electrons. The number of phenolic OH excluding ortho intramolecular Hbond substituents is 1. The van der Waals surface area contributed by atoms with E-state index in [0.29, 0.717) is 11.7 Å². The number of rotatable bonds is 7. The van der Waals surface area contributed by atoms with Gasteiger partial charge in [-0.15, -0.1) is 0 Å². The van der Waals surface area contributed by atoms with E-state index in [1.807, 2.05) is 6.07 Å². The summed E-state index contributed by atoms with van der Waals surface area (Å²) in [5, 5.41) is 10.2. The van der Waals surface area contributed by atoms with Crippen molar-refractivity contribution < 1.29 is 5.11 Å². The average Bonchev–Trinajstić information content (AvgIpc) is 2.55. The maximum Gasteiger partial charge on any atom is 0.119 e. The van der Waals surface area contributed by atoms with Gasteiger partial charge in [0.15, 0.2) is 0 Å². The van der Waals surface area contributed by atoms with Crippen LogP contribution in [0.3, 0.4) is 0 Å². The van der Waals surface area contributed by atoms with E-state index in [1.165, 1.54) is 57.3 Å². The van der Waals surface area contributed by atoms with Crippen molar-refractivity contribution >= 4 is 0 Å². The normalized spacial score (nSPS) is 25.7. The van der Waals surface area contributed by atoms with E-state index < -0.39 is 0 Å². The zero-order valence-electron chi connectivity index (χ0n) is 15.6. The largest absolute Gasteiger partial charge is 0.508 e. The Kier molecular flexibility index (Phi) is 6.52. The third-order valence-electron chi connectivity index (χ3n) is 6.02. The van der Waals surface area contributed by atoms with Crippen LogP contribution in [0.5, 0.6) is 5.75 Å². The summed E-state index contributed by atoms with van der Waals surface area (Å²) in [5.74, 6) is 1.09. The fourth-order valence-electron chi connectivity index (χ4n) is 3.93. The third kappa shape index (κ3) is 4.29. The van der Waals surface area contributed by atoms with Crippen molar-refractivity contribution in [3.8, 4) is 5.75 Å². The fourth-order valence-corrected chi connectivity index (χ4v) is 3.93. The van der Waals surface area contributed by atoms with Crippen LogP contribution in [-0.2, 0) is 11.8 Å². The second-order valence-electron chi connectivity index (χ2n) is 7.63. The van der Waals surface area contributed by atoms with E-state index in [-0.39, 0.29) is 5.41 Å². The predicted molar refractivity (Wildman–Crippen MR) is 99.2 cm³/mol. The van der Waals surface area contributed by atoms with Crippen LogP contribution >= 0.6 is 0 Å². The lowest BCUT2D eigenvalue weighted by molar-refractivity contribution is 0.109. The molecule has 2 nitrogen and oxygen atoms in total. The molecular weight excluding hydrogens is 282 g/mol. The maximum absolute atomic E-state index is 10.2. The first-order valence-electron chi connectivity index (χ1n) is 9.56. The average molecular weight is 318 g/mol. The van der Waals surface area contributed by atoms with E-state index in [9.17, 15) is 5.11 Å². The predicted octanol–water partition coefficient (Wildman–Crippen LogP) is 5.13. The molecule has 1 aromatic rings. The van der Waals surface area contributed by atoms with Gasteiger partial charge in [0, 0.05) is 6.54 Å². The van der Waals surface area contributed by atoms with Crippen molar-refractivity contribution in [1.82, 2.24) is 4.90 Å². The topological polar surface area (TPSA) is 23.5 Å². The fraction of sp³-hybridized carbons (Fsp3) is 0.714. The van der Waals surface area contributed by atoms with Crippen molar-refractivity contribution in [2.45, 2.75) is 71.6 Å². The Morgan fingerprint density at radius 1 is 1.22 bits per heavy atom. The van der Waals surface area contributed by atoms with Crippen molar-refractivity contribution in [1.29, 1.82) is 0 Å². The molecule has 1 heterocycles. The monoisotopic (exact) mass is 317 g/mol. The van der Waals surface area contributed by atoms with E-state index in [4.69, 9.17) is 0 Å². The van der Waals surface area contributed by atoms with E-state index in [2.05, 4.69) is 44.7 Å². The zero-order chi connectivity index (χ0) is 16.9. The van der Waals surface area contributed by atoms with Crippen LogP contribution in [0, 0.1) is 5.92 Å². The van der Waals surface area contributed by atoms with Gasteiger partial charge in [-0.2, -0.15) is 0 Å². The molecule has 2 rings (SSSR count). The first kappa shape index (κ1) is 18.3. The number of hydrogen-bond donors (Lipinski definition) is 1. The SMILES string of the molecule is CCCCCCN1CCC(C)(c2ccc(CC)c(O)c2)C(C)C1. The minimum atomic E-state index is 0.184. The van der Waals surface area contributed by atoms with Gasteiger partial charge < -0.3 is 10.0 Å². The molecule has 23 heavy (non-hydrogen) atoms. The Hall–Kier alpha value is -1.02. The summed E-state index contributed by atoms with van der Waals surface area (Å²) in [7, 11) is 0. The molecule has 1 aromatic carbocycles. The van der Waals surface area contributed by atoms with Gasteiger partial charge in [0.1, 0.15) is 5.75 Å². The van der Waals surface area contributed by atoms with Crippen LogP contribution in [0.1, 0.15) is 70.9 Å². The molecule has 2 unspecified atom stereocenters. The molecular formula is C21H35NO. The summed E-state index contributed by atoms with van der Waals surface area (Å²) in [6, 6.07) is 6.37. The second-order valence-corrected chi connectivity index (χ2v) is 7.63. The van der Waals surface area contributed by atoms with E-state index in [0.717, 1.165) is 12.0 Å². The highest BCUT2D eigenvalue weighted by Gasteiger charge is 2.38. The molecule has 2 heteroatoms. The molecule has 0 bridgehead atoms. The molecule has 1 fully saturated rings. The van der Waals surface area contributed by atoms with Gasteiger partial charge in [-0.25, -0.2) is 0 Å². The molecule has 0 aliphatic carbocycles. The summed E-state index contributed by atoms with van der Waals surface area (Å²) in [5.41, 5.74) is 2.55. The molecule has 1 N–H and O–H groups in total. The number of hydrogen-bond acceptors (Lipinski definition) is 2. The number of unbranched alkanes of at least 4 members (excludes halogenated alkanes) is 3. The van der Waals surface area contributed by atoms with Crippen LogP contribution in [0.15, 0.2) is 18.2 Å². The molecule has 1 saturated heterocycles.